The highest BCUT2D eigenvalue weighted by Gasteiger charge is 2.34. The van der Waals surface area contributed by atoms with Crippen LogP contribution in [0.15, 0.2) is 42.5 Å². The van der Waals surface area contributed by atoms with Gasteiger partial charge in [0.2, 0.25) is 0 Å². The Kier molecular flexibility index (Phi) is 2.99. The quantitative estimate of drug-likeness (QED) is 0.805. The van der Waals surface area contributed by atoms with Gasteiger partial charge in [0, 0.05) is 12.2 Å². The molecule has 1 aliphatic rings. The highest BCUT2D eigenvalue weighted by atomic mass is 14.9. The van der Waals surface area contributed by atoms with Gasteiger partial charge in [0.05, 0.1) is 0 Å². The first-order valence-electron chi connectivity index (χ1n) is 7.04. The monoisotopic (exact) mass is 239 g/mol. The maximum atomic E-state index is 3.63. The summed E-state index contributed by atoms with van der Waals surface area (Å²) in [4.78, 5) is 0. The van der Waals surface area contributed by atoms with E-state index in [0.717, 1.165) is 6.54 Å². The normalized spacial score (nSPS) is 17.4. The second-order valence-corrected chi connectivity index (χ2v) is 5.62. The first kappa shape index (κ1) is 11.6. The Bertz CT molecular complexity index is 535. The van der Waals surface area contributed by atoms with Gasteiger partial charge in [-0.3, -0.25) is 0 Å². The molecule has 1 heteroatoms. The van der Waals surface area contributed by atoms with E-state index in [9.17, 15) is 0 Å². The molecule has 3 rings (SSSR count). The lowest BCUT2D eigenvalue weighted by molar-refractivity contribution is 0.145. The first-order chi connectivity index (χ1) is 8.81. The molecule has 1 aliphatic carbocycles. The van der Waals surface area contributed by atoms with Gasteiger partial charge in [0.1, 0.15) is 0 Å². The summed E-state index contributed by atoms with van der Waals surface area (Å²) in [6, 6.07) is 15.2. The Hall–Kier alpha value is -1.50. The van der Waals surface area contributed by atoms with E-state index in [-0.39, 0.29) is 0 Å². The number of hydrogen-bond donors (Lipinski definition) is 1. The van der Waals surface area contributed by atoms with Gasteiger partial charge in [-0.1, -0.05) is 43.7 Å². The van der Waals surface area contributed by atoms with Crippen molar-refractivity contribution in [2.24, 2.45) is 5.41 Å². The first-order valence-corrected chi connectivity index (χ1v) is 7.04. The van der Waals surface area contributed by atoms with Crippen LogP contribution in [0, 0.1) is 5.41 Å². The molecule has 0 saturated heterocycles. The lowest BCUT2D eigenvalue weighted by atomic mass is 9.67. The van der Waals surface area contributed by atoms with Crippen LogP contribution in [-0.4, -0.2) is 6.54 Å². The smallest absolute Gasteiger partial charge is 0.0346 e. The van der Waals surface area contributed by atoms with Crippen LogP contribution in [0.4, 0.5) is 5.69 Å². The number of benzene rings is 2. The van der Waals surface area contributed by atoms with Gasteiger partial charge in [0.25, 0.3) is 0 Å². The summed E-state index contributed by atoms with van der Waals surface area (Å²) < 4.78 is 0. The fourth-order valence-electron chi connectivity index (χ4n) is 2.92. The third kappa shape index (κ3) is 2.10. The van der Waals surface area contributed by atoms with Gasteiger partial charge in [0.15, 0.2) is 0 Å². The molecular weight excluding hydrogens is 218 g/mol. The third-order valence-corrected chi connectivity index (χ3v) is 4.58. The van der Waals surface area contributed by atoms with E-state index >= 15 is 0 Å². The van der Waals surface area contributed by atoms with E-state index in [0.29, 0.717) is 5.41 Å². The van der Waals surface area contributed by atoms with Crippen LogP contribution in [0.25, 0.3) is 10.8 Å². The Morgan fingerprint density at radius 1 is 1.06 bits per heavy atom. The van der Waals surface area contributed by atoms with Gasteiger partial charge in [-0.2, -0.15) is 0 Å². The minimum absolute atomic E-state index is 0.575. The van der Waals surface area contributed by atoms with Crippen LogP contribution < -0.4 is 5.32 Å². The van der Waals surface area contributed by atoms with E-state index in [1.54, 1.807) is 0 Å². The molecule has 1 N–H and O–H groups in total. The second-order valence-electron chi connectivity index (χ2n) is 5.62. The fraction of sp³-hybridized carbons (Fsp3) is 0.412. The second kappa shape index (κ2) is 4.64. The van der Waals surface area contributed by atoms with E-state index in [4.69, 9.17) is 0 Å². The highest BCUT2D eigenvalue weighted by molar-refractivity contribution is 5.85. The third-order valence-electron chi connectivity index (χ3n) is 4.58. The summed E-state index contributed by atoms with van der Waals surface area (Å²) in [5.41, 5.74) is 1.83. The maximum absolute atomic E-state index is 3.63. The molecule has 0 aromatic heterocycles. The molecule has 18 heavy (non-hydrogen) atoms. The standard InChI is InChI=1S/C17H21N/c1-2-17(10-5-11-17)13-18-16-9-8-14-6-3-4-7-15(14)12-16/h3-4,6-9,12,18H,2,5,10-11,13H2,1H3. The predicted octanol–water partition coefficient (Wildman–Crippen LogP) is 4.83. The molecule has 0 radical (unpaired) electrons. The van der Waals surface area contributed by atoms with Crippen LogP contribution in [0.5, 0.6) is 0 Å². The van der Waals surface area contributed by atoms with Gasteiger partial charge in [-0.15, -0.1) is 0 Å². The minimum atomic E-state index is 0.575. The molecule has 1 nitrogen and oxygen atoms in total. The van der Waals surface area contributed by atoms with Gasteiger partial charge in [-0.05, 0) is 47.6 Å². The Morgan fingerprint density at radius 2 is 1.83 bits per heavy atom. The molecule has 0 spiro atoms. The van der Waals surface area contributed by atoms with Crippen molar-refractivity contribution in [3.63, 3.8) is 0 Å². The van der Waals surface area contributed by atoms with Gasteiger partial charge < -0.3 is 5.32 Å². The Labute approximate surface area is 109 Å². The van der Waals surface area contributed by atoms with Crippen molar-refractivity contribution in [1.82, 2.24) is 0 Å². The van der Waals surface area contributed by atoms with Crippen LogP contribution in [0.1, 0.15) is 32.6 Å². The zero-order chi connectivity index (χ0) is 12.4. The van der Waals surface area contributed by atoms with E-state index in [1.807, 2.05) is 0 Å². The van der Waals surface area contributed by atoms with E-state index < -0.39 is 0 Å². The van der Waals surface area contributed by atoms with Gasteiger partial charge >= 0.3 is 0 Å². The van der Waals surface area contributed by atoms with Crippen LogP contribution in [-0.2, 0) is 0 Å². The molecule has 2 aromatic carbocycles. The molecule has 2 aromatic rings. The molecule has 1 fully saturated rings. The Morgan fingerprint density at radius 3 is 2.50 bits per heavy atom. The van der Waals surface area contributed by atoms with Crippen LogP contribution >= 0.6 is 0 Å². The summed E-state index contributed by atoms with van der Waals surface area (Å²) in [6.45, 7) is 3.45. The number of hydrogen-bond acceptors (Lipinski definition) is 1. The average Bonchev–Trinajstić information content (AvgIpc) is 2.38. The minimum Gasteiger partial charge on any atom is -0.384 e. The van der Waals surface area contributed by atoms with Crippen LogP contribution in [0.2, 0.25) is 0 Å². The highest BCUT2D eigenvalue weighted by Crippen LogP contribution is 2.43. The summed E-state index contributed by atoms with van der Waals surface area (Å²) in [5.74, 6) is 0. The van der Waals surface area contributed by atoms with Gasteiger partial charge in [-0.25, -0.2) is 0 Å². The SMILES string of the molecule is CCC1(CNc2ccc3ccccc3c2)CCC1. The summed E-state index contributed by atoms with van der Waals surface area (Å²) in [5, 5.41) is 6.27. The van der Waals surface area contributed by atoms with Crippen molar-refractivity contribution in [2.75, 3.05) is 11.9 Å². The Balaban J connectivity index is 1.74. The van der Waals surface area contributed by atoms with E-state index in [2.05, 4.69) is 54.7 Å². The molecular formula is C17H21N. The molecule has 1 saturated carbocycles. The van der Waals surface area contributed by atoms with Crippen molar-refractivity contribution in [1.29, 1.82) is 0 Å². The number of nitrogens with one attached hydrogen (secondary N) is 1. The lowest BCUT2D eigenvalue weighted by Crippen LogP contribution is -2.35. The number of rotatable bonds is 4. The van der Waals surface area contributed by atoms with Crippen LogP contribution in [0.3, 0.4) is 0 Å². The molecule has 0 aliphatic heterocycles. The zero-order valence-corrected chi connectivity index (χ0v) is 11.1. The molecule has 94 valence electrons. The van der Waals surface area contributed by atoms with Crippen molar-refractivity contribution in [3.05, 3.63) is 42.5 Å². The van der Waals surface area contributed by atoms with Crippen molar-refractivity contribution in [3.8, 4) is 0 Å². The summed E-state index contributed by atoms with van der Waals surface area (Å²) in [7, 11) is 0. The molecule has 0 heterocycles. The molecule has 0 amide bonds. The zero-order valence-electron chi connectivity index (χ0n) is 11.1. The molecule has 0 unspecified atom stereocenters. The summed E-state index contributed by atoms with van der Waals surface area (Å²) in [6.07, 6.45) is 5.50. The fourth-order valence-corrected chi connectivity index (χ4v) is 2.92. The number of anilines is 1. The van der Waals surface area contributed by atoms with Crippen molar-refractivity contribution in [2.45, 2.75) is 32.6 Å². The van der Waals surface area contributed by atoms with Crippen molar-refractivity contribution < 1.29 is 0 Å². The molecule has 0 bridgehead atoms. The predicted molar refractivity (Wildman–Crippen MR) is 79.0 cm³/mol. The average molecular weight is 239 g/mol. The van der Waals surface area contributed by atoms with Crippen molar-refractivity contribution >= 4 is 16.5 Å². The van der Waals surface area contributed by atoms with E-state index in [1.165, 1.54) is 42.1 Å². The lowest BCUT2D eigenvalue weighted by Gasteiger charge is -2.41. The largest absolute Gasteiger partial charge is 0.384 e. The summed E-state index contributed by atoms with van der Waals surface area (Å²) >= 11 is 0. The maximum Gasteiger partial charge on any atom is 0.0346 e. The number of fused-ring (bicyclic) bond motifs is 1. The topological polar surface area (TPSA) is 12.0 Å². The molecule has 0 atom stereocenters.